The summed E-state index contributed by atoms with van der Waals surface area (Å²) in [6.45, 7) is 2.74. The number of aromatic nitrogens is 1. The Morgan fingerprint density at radius 1 is 1.20 bits per heavy atom. The molecule has 1 aliphatic rings. The average molecular weight is 490 g/mol. The Labute approximate surface area is 200 Å². The predicted molar refractivity (Wildman–Crippen MR) is 124 cm³/mol. The molecule has 0 bridgehead atoms. The standard InChI is InChI=1S/C23H26F3N7O2/c1-2-14-3-5-15(6-4-14)20(19-12-31-19)32-21(34)17(27)13-33(28)10-9-29-22(35)18-8-7-16(11-30-18)23(24,25)26/h3-8,11,13,20H,2,9-10,12,27-28H2,1H3,(H,29,35)(H,32,34)/b17-13-. The number of nitrogens with one attached hydrogen (secondary N) is 2. The molecule has 3 rings (SSSR count). The molecule has 0 saturated heterocycles. The van der Waals surface area contributed by atoms with Crippen LogP contribution in [0, 0.1) is 0 Å². The first-order chi connectivity index (χ1) is 16.6. The molecular weight excluding hydrogens is 463 g/mol. The maximum atomic E-state index is 12.6. The van der Waals surface area contributed by atoms with E-state index in [9.17, 15) is 22.8 Å². The SMILES string of the molecule is CCc1ccc(C(NC(=O)/C(N)=C/N(N)CCNC(=O)c2ccc(C(F)(F)F)cn2)C2=NC2)cc1. The Kier molecular flexibility index (Phi) is 8.07. The molecule has 2 heterocycles. The first-order valence-corrected chi connectivity index (χ1v) is 10.8. The van der Waals surface area contributed by atoms with Gasteiger partial charge in [-0.3, -0.25) is 19.6 Å². The molecule has 35 heavy (non-hydrogen) atoms. The van der Waals surface area contributed by atoms with Gasteiger partial charge >= 0.3 is 6.18 Å². The molecule has 0 spiro atoms. The molecule has 0 saturated carbocycles. The van der Waals surface area contributed by atoms with Crippen molar-refractivity contribution in [1.29, 1.82) is 0 Å². The van der Waals surface area contributed by atoms with E-state index in [1.807, 2.05) is 24.3 Å². The van der Waals surface area contributed by atoms with Crippen molar-refractivity contribution in [3.8, 4) is 0 Å². The molecule has 6 N–H and O–H groups in total. The van der Waals surface area contributed by atoms with Gasteiger partial charge in [0.05, 0.1) is 30.4 Å². The molecule has 1 unspecified atom stereocenters. The van der Waals surface area contributed by atoms with E-state index in [-0.39, 0.29) is 30.5 Å². The van der Waals surface area contributed by atoms with Crippen LogP contribution in [0.4, 0.5) is 13.2 Å². The van der Waals surface area contributed by atoms with Crippen molar-refractivity contribution in [3.05, 3.63) is 76.9 Å². The van der Waals surface area contributed by atoms with Crippen molar-refractivity contribution in [2.75, 3.05) is 19.6 Å². The normalized spacial score (nSPS) is 14.1. The number of halogens is 3. The van der Waals surface area contributed by atoms with Crippen LogP contribution in [-0.2, 0) is 17.4 Å². The van der Waals surface area contributed by atoms with Crippen LogP contribution < -0.4 is 22.2 Å². The van der Waals surface area contributed by atoms with Gasteiger partial charge in [-0.15, -0.1) is 0 Å². The van der Waals surface area contributed by atoms with Gasteiger partial charge in [-0.2, -0.15) is 13.2 Å². The molecule has 12 heteroatoms. The average Bonchev–Trinajstić information content (AvgIpc) is 3.67. The van der Waals surface area contributed by atoms with Gasteiger partial charge in [-0.1, -0.05) is 31.2 Å². The van der Waals surface area contributed by atoms with Gasteiger partial charge in [0.25, 0.3) is 11.8 Å². The third-order valence-corrected chi connectivity index (χ3v) is 5.22. The second kappa shape index (κ2) is 11.0. The number of hydrogen-bond acceptors (Lipinski definition) is 7. The van der Waals surface area contributed by atoms with Crippen molar-refractivity contribution in [2.24, 2.45) is 16.6 Å². The molecule has 9 nitrogen and oxygen atoms in total. The molecule has 0 radical (unpaired) electrons. The Morgan fingerprint density at radius 3 is 2.43 bits per heavy atom. The largest absolute Gasteiger partial charge is 0.417 e. The lowest BCUT2D eigenvalue weighted by atomic mass is 10.0. The van der Waals surface area contributed by atoms with Crippen molar-refractivity contribution < 1.29 is 22.8 Å². The summed E-state index contributed by atoms with van der Waals surface area (Å²) in [6.07, 6.45) is -1.82. The summed E-state index contributed by atoms with van der Waals surface area (Å²) in [5, 5.41) is 6.45. The van der Waals surface area contributed by atoms with Crippen LogP contribution in [0.3, 0.4) is 0 Å². The van der Waals surface area contributed by atoms with Crippen molar-refractivity contribution in [1.82, 2.24) is 20.6 Å². The topological polar surface area (TPSA) is 139 Å². The number of carbonyl (C=O) groups is 2. The van der Waals surface area contributed by atoms with E-state index in [1.165, 1.54) is 11.8 Å². The second-order valence-corrected chi connectivity index (χ2v) is 7.82. The number of nitrogens with zero attached hydrogens (tertiary/aromatic N) is 3. The molecule has 0 aliphatic carbocycles. The number of hydrogen-bond donors (Lipinski definition) is 4. The fourth-order valence-electron chi connectivity index (χ4n) is 3.13. The number of rotatable bonds is 10. The van der Waals surface area contributed by atoms with Crippen LogP contribution in [0.2, 0.25) is 0 Å². The highest BCUT2D eigenvalue weighted by atomic mass is 19.4. The molecule has 1 aromatic carbocycles. The van der Waals surface area contributed by atoms with Crippen LogP contribution in [0.5, 0.6) is 0 Å². The summed E-state index contributed by atoms with van der Waals surface area (Å²) >= 11 is 0. The minimum absolute atomic E-state index is 0.0344. The van der Waals surface area contributed by atoms with Gasteiger partial charge in [0.15, 0.2) is 0 Å². The maximum absolute atomic E-state index is 12.6. The molecule has 186 valence electrons. The Hall–Kier alpha value is -3.93. The van der Waals surface area contributed by atoms with Crippen LogP contribution in [0.1, 0.15) is 40.1 Å². The fraction of sp³-hybridized carbons (Fsp3) is 0.304. The van der Waals surface area contributed by atoms with E-state index >= 15 is 0 Å². The minimum atomic E-state index is -4.54. The van der Waals surface area contributed by atoms with Crippen LogP contribution in [-0.4, -0.2) is 47.2 Å². The first-order valence-electron chi connectivity index (χ1n) is 10.8. The molecule has 0 fully saturated rings. The highest BCUT2D eigenvalue weighted by Gasteiger charge is 2.31. The van der Waals surface area contributed by atoms with E-state index in [1.54, 1.807) is 0 Å². The molecule has 2 amide bonds. The van der Waals surface area contributed by atoms with E-state index in [0.717, 1.165) is 34.8 Å². The quantitative estimate of drug-likeness (QED) is 0.228. The van der Waals surface area contributed by atoms with Crippen molar-refractivity contribution >= 4 is 17.5 Å². The third kappa shape index (κ3) is 7.27. The summed E-state index contributed by atoms with van der Waals surface area (Å²) in [4.78, 5) is 32.4. The summed E-state index contributed by atoms with van der Waals surface area (Å²) < 4.78 is 37.8. The van der Waals surface area contributed by atoms with Crippen LogP contribution in [0.25, 0.3) is 0 Å². The fourth-order valence-corrected chi connectivity index (χ4v) is 3.13. The zero-order chi connectivity index (χ0) is 25.6. The number of aryl methyl sites for hydroxylation is 1. The predicted octanol–water partition coefficient (Wildman–Crippen LogP) is 1.68. The third-order valence-electron chi connectivity index (χ3n) is 5.22. The molecule has 1 aromatic heterocycles. The summed E-state index contributed by atoms with van der Waals surface area (Å²) in [6, 6.07) is 9.23. The van der Waals surface area contributed by atoms with Gasteiger partial charge < -0.3 is 21.4 Å². The first kappa shape index (κ1) is 25.7. The van der Waals surface area contributed by atoms with Crippen molar-refractivity contribution in [3.63, 3.8) is 0 Å². The van der Waals surface area contributed by atoms with Crippen molar-refractivity contribution in [2.45, 2.75) is 25.6 Å². The smallest absolute Gasteiger partial charge is 0.393 e. The van der Waals surface area contributed by atoms with Gasteiger partial charge in [0, 0.05) is 18.9 Å². The highest BCUT2D eigenvalue weighted by molar-refractivity contribution is 6.05. The van der Waals surface area contributed by atoms with E-state index in [2.05, 4.69) is 27.5 Å². The zero-order valence-corrected chi connectivity index (χ0v) is 19.0. The number of benzene rings is 1. The Bertz CT molecular complexity index is 1110. The lowest BCUT2D eigenvalue weighted by Gasteiger charge is -2.18. The number of alkyl halides is 3. The second-order valence-electron chi connectivity index (χ2n) is 7.82. The van der Waals surface area contributed by atoms with E-state index in [4.69, 9.17) is 11.6 Å². The Morgan fingerprint density at radius 2 is 1.89 bits per heavy atom. The lowest BCUT2D eigenvalue weighted by molar-refractivity contribution is -0.137. The summed E-state index contributed by atoms with van der Waals surface area (Å²) in [5.74, 6) is 4.64. The van der Waals surface area contributed by atoms with Crippen LogP contribution in [0.15, 0.2) is 59.5 Å². The lowest BCUT2D eigenvalue weighted by Crippen LogP contribution is -2.39. The number of nitrogens with two attached hydrogens (primary N) is 2. The van der Waals surface area contributed by atoms with Gasteiger partial charge in [-0.05, 0) is 29.7 Å². The number of hydrazine groups is 1. The zero-order valence-electron chi connectivity index (χ0n) is 19.0. The molecule has 2 aromatic rings. The summed E-state index contributed by atoms with van der Waals surface area (Å²) in [7, 11) is 0. The van der Waals surface area contributed by atoms with Gasteiger partial charge in [0.1, 0.15) is 11.4 Å². The van der Waals surface area contributed by atoms with E-state index < -0.39 is 23.6 Å². The highest BCUT2D eigenvalue weighted by Crippen LogP contribution is 2.28. The van der Waals surface area contributed by atoms with Gasteiger partial charge in [-0.25, -0.2) is 5.84 Å². The molecule has 1 atom stereocenters. The molecule has 1 aliphatic heterocycles. The number of aliphatic imine (C=N–C) groups is 1. The van der Waals surface area contributed by atoms with E-state index in [0.29, 0.717) is 12.7 Å². The molecular formula is C23H26F3N7O2. The number of carbonyl (C=O) groups excluding carboxylic acids is 2. The summed E-state index contributed by atoms with van der Waals surface area (Å²) in [5.41, 5.74) is 7.54. The Balaban J connectivity index is 1.50. The maximum Gasteiger partial charge on any atom is 0.417 e. The van der Waals surface area contributed by atoms with Crippen LogP contribution >= 0.6 is 0 Å². The van der Waals surface area contributed by atoms with Gasteiger partial charge in [0.2, 0.25) is 0 Å². The minimum Gasteiger partial charge on any atom is -0.393 e. The monoisotopic (exact) mass is 489 g/mol. The number of pyridine rings is 1. The number of amides is 2.